The highest BCUT2D eigenvalue weighted by atomic mass is 32.2. The Morgan fingerprint density at radius 2 is 1.96 bits per heavy atom. The van der Waals surface area contributed by atoms with E-state index in [0.717, 1.165) is 26.6 Å². The van der Waals surface area contributed by atoms with Gasteiger partial charge < -0.3 is 10.1 Å². The first kappa shape index (κ1) is 17.9. The van der Waals surface area contributed by atoms with Gasteiger partial charge in [0.05, 0.1) is 6.04 Å². The summed E-state index contributed by atoms with van der Waals surface area (Å²) in [5.74, 6) is 3.05. The van der Waals surface area contributed by atoms with Crippen LogP contribution in [0.4, 0.5) is 5.82 Å². The average molecular weight is 395 g/mol. The summed E-state index contributed by atoms with van der Waals surface area (Å²) in [6.07, 6.45) is 3.60. The number of aliphatic imine (C=N–C) groups is 1. The number of para-hydroxylation sites is 1. The molecule has 0 saturated carbocycles. The van der Waals surface area contributed by atoms with Crippen molar-refractivity contribution in [3.8, 4) is 11.5 Å². The van der Waals surface area contributed by atoms with Crippen molar-refractivity contribution < 1.29 is 4.74 Å². The lowest BCUT2D eigenvalue weighted by atomic mass is 10.3. The smallest absolute Gasteiger partial charge is 0.175 e. The van der Waals surface area contributed by atoms with Gasteiger partial charge in [-0.1, -0.05) is 47.8 Å². The number of ether oxygens (including phenoxy) is 1. The van der Waals surface area contributed by atoms with Crippen molar-refractivity contribution >= 4 is 34.5 Å². The second-order valence-corrected chi connectivity index (χ2v) is 8.02. The van der Waals surface area contributed by atoms with Crippen LogP contribution in [0.1, 0.15) is 6.92 Å². The third-order valence-corrected chi connectivity index (χ3v) is 5.72. The van der Waals surface area contributed by atoms with Gasteiger partial charge in [0.2, 0.25) is 0 Å². The van der Waals surface area contributed by atoms with Crippen molar-refractivity contribution in [3.63, 3.8) is 0 Å². The molecule has 1 N–H and O–H groups in total. The maximum atomic E-state index is 6.10. The first-order chi connectivity index (χ1) is 13.3. The lowest BCUT2D eigenvalue weighted by Crippen LogP contribution is -2.08. The van der Waals surface area contributed by atoms with Crippen LogP contribution >= 0.6 is 23.5 Å². The van der Waals surface area contributed by atoms with Gasteiger partial charge in [0.15, 0.2) is 16.7 Å². The van der Waals surface area contributed by atoms with Crippen molar-refractivity contribution in [3.05, 3.63) is 67.0 Å². The number of nitrogens with zero attached hydrogens (tertiary/aromatic N) is 3. The van der Waals surface area contributed by atoms with E-state index in [1.165, 1.54) is 0 Å². The van der Waals surface area contributed by atoms with E-state index in [-0.39, 0.29) is 0 Å². The van der Waals surface area contributed by atoms with Crippen molar-refractivity contribution in [2.45, 2.75) is 22.9 Å². The highest BCUT2D eigenvalue weighted by Gasteiger charge is 2.17. The largest absolute Gasteiger partial charge is 0.453 e. The fraction of sp³-hybridized carbons (Fsp3) is 0.150. The lowest BCUT2D eigenvalue weighted by Gasteiger charge is -2.13. The van der Waals surface area contributed by atoms with Gasteiger partial charge in [0, 0.05) is 29.1 Å². The summed E-state index contributed by atoms with van der Waals surface area (Å²) < 4.78 is 6.10. The highest BCUT2D eigenvalue weighted by molar-refractivity contribution is 8.14. The van der Waals surface area contributed by atoms with Crippen molar-refractivity contribution in [1.29, 1.82) is 0 Å². The number of anilines is 1. The fourth-order valence-electron chi connectivity index (χ4n) is 2.44. The van der Waals surface area contributed by atoms with Crippen molar-refractivity contribution in [2.75, 3.05) is 11.1 Å². The summed E-state index contributed by atoms with van der Waals surface area (Å²) in [5, 5.41) is 5.09. The van der Waals surface area contributed by atoms with Gasteiger partial charge in [-0.3, -0.25) is 4.99 Å². The number of aromatic nitrogens is 2. The van der Waals surface area contributed by atoms with Crippen molar-refractivity contribution in [1.82, 2.24) is 9.97 Å². The Kier molecular flexibility index (Phi) is 5.60. The second kappa shape index (κ2) is 8.45. The van der Waals surface area contributed by atoms with Crippen LogP contribution in [0.15, 0.2) is 81.9 Å². The van der Waals surface area contributed by atoms with Crippen LogP contribution in [0.2, 0.25) is 0 Å². The highest BCUT2D eigenvalue weighted by Crippen LogP contribution is 2.35. The SMILES string of the molecule is CC1CSC(Nc2ncc(Sc3ccccn3)cc2Oc2ccccc2)=N1. The van der Waals surface area contributed by atoms with Gasteiger partial charge in [0.25, 0.3) is 0 Å². The molecule has 7 heteroatoms. The lowest BCUT2D eigenvalue weighted by molar-refractivity contribution is 0.481. The molecule has 27 heavy (non-hydrogen) atoms. The molecule has 0 amide bonds. The van der Waals surface area contributed by atoms with E-state index in [1.54, 1.807) is 29.7 Å². The molecule has 0 aliphatic carbocycles. The maximum absolute atomic E-state index is 6.10. The molecule has 0 saturated heterocycles. The number of nitrogens with one attached hydrogen (secondary N) is 1. The van der Waals surface area contributed by atoms with Gasteiger partial charge in [0.1, 0.15) is 10.8 Å². The average Bonchev–Trinajstić information content (AvgIpc) is 3.10. The van der Waals surface area contributed by atoms with E-state index < -0.39 is 0 Å². The van der Waals surface area contributed by atoms with Gasteiger partial charge >= 0.3 is 0 Å². The van der Waals surface area contributed by atoms with Gasteiger partial charge in [-0.25, -0.2) is 9.97 Å². The minimum absolute atomic E-state index is 0.315. The van der Waals surface area contributed by atoms with E-state index >= 15 is 0 Å². The van der Waals surface area contributed by atoms with Crippen LogP contribution < -0.4 is 10.1 Å². The van der Waals surface area contributed by atoms with Crippen LogP contribution in [-0.2, 0) is 0 Å². The minimum Gasteiger partial charge on any atom is -0.453 e. The molecule has 5 nitrogen and oxygen atoms in total. The zero-order valence-electron chi connectivity index (χ0n) is 14.7. The molecular formula is C20H18N4OS2. The number of hydrogen-bond acceptors (Lipinski definition) is 7. The standard InChI is InChI=1S/C20H18N4OS2/c1-14-13-26-20(23-14)24-19-17(25-15-7-3-2-4-8-15)11-16(12-22-19)27-18-9-5-6-10-21-18/h2-12,14H,13H2,1H3,(H,22,23,24). The molecule has 0 radical (unpaired) electrons. The fourth-order valence-corrected chi connectivity index (χ4v) is 4.11. The van der Waals surface area contributed by atoms with Crippen LogP contribution in [0, 0.1) is 0 Å². The Hall–Kier alpha value is -2.51. The molecular weight excluding hydrogens is 376 g/mol. The summed E-state index contributed by atoms with van der Waals surface area (Å²) in [7, 11) is 0. The third kappa shape index (κ3) is 4.81. The molecule has 3 heterocycles. The molecule has 0 fully saturated rings. The monoisotopic (exact) mass is 394 g/mol. The predicted octanol–water partition coefficient (Wildman–Crippen LogP) is 5.32. The molecule has 3 aromatic rings. The van der Waals surface area contributed by atoms with E-state index in [4.69, 9.17) is 4.74 Å². The molecule has 1 atom stereocenters. The Balaban J connectivity index is 1.62. The van der Waals surface area contributed by atoms with Crippen molar-refractivity contribution in [2.24, 2.45) is 4.99 Å². The van der Waals surface area contributed by atoms with Gasteiger partial charge in [-0.15, -0.1) is 0 Å². The number of hydrogen-bond donors (Lipinski definition) is 1. The maximum Gasteiger partial charge on any atom is 0.175 e. The molecule has 1 unspecified atom stereocenters. The summed E-state index contributed by atoms with van der Waals surface area (Å²) in [6, 6.07) is 17.8. The third-order valence-electron chi connectivity index (χ3n) is 3.68. The van der Waals surface area contributed by atoms with E-state index in [2.05, 4.69) is 27.2 Å². The van der Waals surface area contributed by atoms with E-state index in [1.807, 2.05) is 60.8 Å². The van der Waals surface area contributed by atoms with E-state index in [9.17, 15) is 0 Å². The topological polar surface area (TPSA) is 59.4 Å². The van der Waals surface area contributed by atoms with Crippen LogP contribution in [0.25, 0.3) is 0 Å². The summed E-state index contributed by atoms with van der Waals surface area (Å²) >= 11 is 3.24. The van der Waals surface area contributed by atoms with Gasteiger partial charge in [-0.05, 0) is 31.2 Å². The Labute approximate surface area is 166 Å². The zero-order chi connectivity index (χ0) is 18.5. The number of rotatable bonds is 5. The number of amidine groups is 1. The minimum atomic E-state index is 0.315. The first-order valence-corrected chi connectivity index (χ1v) is 10.4. The summed E-state index contributed by atoms with van der Waals surface area (Å²) in [6.45, 7) is 2.10. The Morgan fingerprint density at radius 1 is 1.11 bits per heavy atom. The number of pyridine rings is 2. The normalized spacial score (nSPS) is 16.0. The second-order valence-electron chi connectivity index (χ2n) is 5.92. The molecule has 136 valence electrons. The summed E-state index contributed by atoms with van der Waals surface area (Å²) in [5.41, 5.74) is 0. The zero-order valence-corrected chi connectivity index (χ0v) is 16.3. The Bertz CT molecular complexity index is 935. The molecule has 0 bridgehead atoms. The number of thioether (sulfide) groups is 1. The summed E-state index contributed by atoms with van der Waals surface area (Å²) in [4.78, 5) is 14.5. The van der Waals surface area contributed by atoms with Crippen LogP contribution in [-0.4, -0.2) is 26.9 Å². The molecule has 2 aromatic heterocycles. The molecule has 0 spiro atoms. The van der Waals surface area contributed by atoms with Crippen LogP contribution in [0.5, 0.6) is 11.5 Å². The quantitative estimate of drug-likeness (QED) is 0.632. The first-order valence-electron chi connectivity index (χ1n) is 8.56. The van der Waals surface area contributed by atoms with E-state index in [0.29, 0.717) is 17.6 Å². The molecule has 1 aliphatic rings. The van der Waals surface area contributed by atoms with Gasteiger partial charge in [-0.2, -0.15) is 0 Å². The number of benzene rings is 1. The molecule has 1 aliphatic heterocycles. The molecule has 4 rings (SSSR count). The van der Waals surface area contributed by atoms with Crippen LogP contribution in [0.3, 0.4) is 0 Å². The Morgan fingerprint density at radius 3 is 2.70 bits per heavy atom. The molecule has 1 aromatic carbocycles. The predicted molar refractivity (Wildman–Crippen MR) is 112 cm³/mol.